The number of thiazole rings is 1. The van der Waals surface area contributed by atoms with Crippen LogP contribution in [0.4, 0.5) is 0 Å². The molecule has 8 heteroatoms. The van der Waals surface area contributed by atoms with Crippen LogP contribution in [0.25, 0.3) is 11.5 Å². The lowest BCUT2D eigenvalue weighted by Gasteiger charge is -2.10. The van der Waals surface area contributed by atoms with Gasteiger partial charge in [-0.15, -0.1) is 35.3 Å². The van der Waals surface area contributed by atoms with E-state index in [0.717, 1.165) is 34.5 Å². The van der Waals surface area contributed by atoms with E-state index in [2.05, 4.69) is 32.5 Å². The summed E-state index contributed by atoms with van der Waals surface area (Å²) in [7, 11) is 0. The van der Waals surface area contributed by atoms with Crippen molar-refractivity contribution in [1.29, 1.82) is 0 Å². The number of aliphatic imine (C=N–C) groups is 1. The first-order valence-electron chi connectivity index (χ1n) is 9.01. The van der Waals surface area contributed by atoms with Gasteiger partial charge in [-0.05, 0) is 39.8 Å². The summed E-state index contributed by atoms with van der Waals surface area (Å²) in [6.07, 6.45) is 1.67. The highest BCUT2D eigenvalue weighted by Crippen LogP contribution is 2.19. The predicted molar refractivity (Wildman–Crippen MR) is 125 cm³/mol. The number of hydrogen-bond acceptors (Lipinski definition) is 5. The van der Waals surface area contributed by atoms with Crippen LogP contribution < -0.4 is 10.6 Å². The van der Waals surface area contributed by atoms with Crippen molar-refractivity contribution in [2.45, 2.75) is 40.8 Å². The maximum Gasteiger partial charge on any atom is 0.226 e. The molecule has 0 aliphatic rings. The van der Waals surface area contributed by atoms with Crippen LogP contribution in [0.3, 0.4) is 0 Å². The largest absolute Gasteiger partial charge is 0.444 e. The Morgan fingerprint density at radius 2 is 1.86 bits per heavy atom. The average molecular weight is 511 g/mol. The fourth-order valence-corrected chi connectivity index (χ4v) is 3.49. The number of hydrogen-bond donors (Lipinski definition) is 2. The summed E-state index contributed by atoms with van der Waals surface area (Å²) in [5.74, 6) is 1.37. The van der Waals surface area contributed by atoms with Crippen molar-refractivity contribution < 1.29 is 4.42 Å². The van der Waals surface area contributed by atoms with Gasteiger partial charge in [0, 0.05) is 17.0 Å². The minimum Gasteiger partial charge on any atom is -0.444 e. The molecule has 0 atom stereocenters. The van der Waals surface area contributed by atoms with Crippen LogP contribution in [0.2, 0.25) is 0 Å². The molecule has 0 aliphatic heterocycles. The van der Waals surface area contributed by atoms with Crippen LogP contribution in [-0.2, 0) is 13.1 Å². The Morgan fingerprint density at radius 3 is 2.50 bits per heavy atom. The number of aryl methyl sites for hydroxylation is 3. The Kier molecular flexibility index (Phi) is 8.43. The van der Waals surface area contributed by atoms with E-state index in [1.807, 2.05) is 45.0 Å². The molecule has 0 saturated heterocycles. The Labute approximate surface area is 186 Å². The monoisotopic (exact) mass is 511 g/mol. The van der Waals surface area contributed by atoms with Gasteiger partial charge in [-0.25, -0.2) is 15.0 Å². The summed E-state index contributed by atoms with van der Waals surface area (Å²) in [6.45, 7) is 10.1. The molecular weight excluding hydrogens is 485 g/mol. The van der Waals surface area contributed by atoms with Crippen LogP contribution in [0.5, 0.6) is 0 Å². The zero-order valence-corrected chi connectivity index (χ0v) is 19.7. The summed E-state index contributed by atoms with van der Waals surface area (Å²) in [4.78, 5) is 14.8. The molecule has 0 bridgehead atoms. The molecule has 3 rings (SSSR count). The smallest absolute Gasteiger partial charge is 0.226 e. The summed E-state index contributed by atoms with van der Waals surface area (Å²) in [5.41, 5.74) is 4.05. The first kappa shape index (κ1) is 22.4. The molecule has 2 aromatic heterocycles. The zero-order chi connectivity index (χ0) is 19.2. The summed E-state index contributed by atoms with van der Waals surface area (Å²) < 4.78 is 5.60. The molecule has 1 aromatic carbocycles. The highest BCUT2D eigenvalue weighted by atomic mass is 127. The lowest BCUT2D eigenvalue weighted by molar-refractivity contribution is 0.572. The molecule has 28 heavy (non-hydrogen) atoms. The fourth-order valence-electron chi connectivity index (χ4n) is 2.61. The Morgan fingerprint density at radius 1 is 1.11 bits per heavy atom. The number of aromatic nitrogens is 2. The topological polar surface area (TPSA) is 75.3 Å². The molecule has 0 saturated carbocycles. The third-order valence-electron chi connectivity index (χ3n) is 4.01. The van der Waals surface area contributed by atoms with Gasteiger partial charge in [-0.1, -0.05) is 17.7 Å². The molecule has 150 valence electrons. The van der Waals surface area contributed by atoms with E-state index >= 15 is 0 Å². The maximum absolute atomic E-state index is 5.60. The van der Waals surface area contributed by atoms with Crippen molar-refractivity contribution in [3.63, 3.8) is 0 Å². The van der Waals surface area contributed by atoms with E-state index in [-0.39, 0.29) is 24.0 Å². The minimum absolute atomic E-state index is 0. The van der Waals surface area contributed by atoms with Gasteiger partial charge in [0.1, 0.15) is 12.0 Å². The van der Waals surface area contributed by atoms with Gasteiger partial charge in [0.2, 0.25) is 5.89 Å². The molecule has 0 spiro atoms. The summed E-state index contributed by atoms with van der Waals surface area (Å²) in [5, 5.41) is 7.70. The highest BCUT2D eigenvalue weighted by Gasteiger charge is 2.08. The Balaban J connectivity index is 0.00000280. The fraction of sp³-hybridized carbons (Fsp3) is 0.350. The van der Waals surface area contributed by atoms with Crippen LogP contribution >= 0.6 is 35.3 Å². The van der Waals surface area contributed by atoms with E-state index in [1.54, 1.807) is 17.6 Å². The maximum atomic E-state index is 5.60. The SMILES string of the molecule is CCNC(=NCc1coc(-c2ccc(C)cc2)n1)NCc1sc(C)nc1C.I. The number of nitrogens with one attached hydrogen (secondary N) is 2. The van der Waals surface area contributed by atoms with E-state index in [4.69, 9.17) is 4.42 Å². The van der Waals surface area contributed by atoms with Gasteiger partial charge in [0.15, 0.2) is 5.96 Å². The number of nitrogens with zero attached hydrogens (tertiary/aromatic N) is 3. The van der Waals surface area contributed by atoms with Gasteiger partial charge in [0.05, 0.1) is 23.8 Å². The molecule has 0 aliphatic carbocycles. The molecule has 2 heterocycles. The second kappa shape index (κ2) is 10.6. The van der Waals surface area contributed by atoms with E-state index in [0.29, 0.717) is 19.0 Å². The van der Waals surface area contributed by atoms with E-state index in [9.17, 15) is 0 Å². The molecule has 6 nitrogen and oxygen atoms in total. The van der Waals surface area contributed by atoms with Crippen molar-refractivity contribution in [2.75, 3.05) is 6.54 Å². The molecule has 3 aromatic rings. The molecule has 0 fully saturated rings. The van der Waals surface area contributed by atoms with Gasteiger partial charge >= 0.3 is 0 Å². The number of benzene rings is 1. The van der Waals surface area contributed by atoms with Crippen LogP contribution in [0, 0.1) is 20.8 Å². The van der Waals surface area contributed by atoms with Gasteiger partial charge < -0.3 is 15.1 Å². The van der Waals surface area contributed by atoms with Crippen molar-refractivity contribution >= 4 is 41.3 Å². The van der Waals surface area contributed by atoms with Crippen molar-refractivity contribution in [3.8, 4) is 11.5 Å². The molecule has 2 N–H and O–H groups in total. The lowest BCUT2D eigenvalue weighted by Crippen LogP contribution is -2.36. The van der Waals surface area contributed by atoms with Crippen LogP contribution in [0.15, 0.2) is 39.9 Å². The second-order valence-corrected chi connectivity index (χ2v) is 7.59. The average Bonchev–Trinajstić information content (AvgIpc) is 3.24. The lowest BCUT2D eigenvalue weighted by atomic mass is 10.1. The number of oxazole rings is 1. The van der Waals surface area contributed by atoms with Gasteiger partial charge in [-0.2, -0.15) is 0 Å². The normalized spacial score (nSPS) is 11.2. The number of rotatable bonds is 6. The van der Waals surface area contributed by atoms with Crippen molar-refractivity contribution in [3.05, 3.63) is 57.4 Å². The predicted octanol–water partition coefficient (Wildman–Crippen LogP) is 4.60. The highest BCUT2D eigenvalue weighted by molar-refractivity contribution is 14.0. The molecule has 0 unspecified atom stereocenters. The minimum atomic E-state index is 0. The quantitative estimate of drug-likeness (QED) is 0.288. The van der Waals surface area contributed by atoms with E-state index in [1.165, 1.54) is 10.4 Å². The van der Waals surface area contributed by atoms with Crippen molar-refractivity contribution in [1.82, 2.24) is 20.6 Å². The molecular formula is C20H26IN5OS. The van der Waals surface area contributed by atoms with Gasteiger partial charge in [-0.3, -0.25) is 0 Å². The summed E-state index contributed by atoms with van der Waals surface area (Å²) >= 11 is 1.71. The Bertz CT molecular complexity index is 917. The van der Waals surface area contributed by atoms with Crippen molar-refractivity contribution in [2.24, 2.45) is 4.99 Å². The number of halogens is 1. The standard InChI is InChI=1S/C20H25N5OS.HI/c1-5-21-20(23-11-18-14(3)24-15(4)27-18)22-10-17-12-26-19(25-17)16-8-6-13(2)7-9-16;/h6-9,12H,5,10-11H2,1-4H3,(H2,21,22,23);1H. The first-order chi connectivity index (χ1) is 13.0. The van der Waals surface area contributed by atoms with Crippen LogP contribution in [-0.4, -0.2) is 22.5 Å². The number of guanidine groups is 1. The third-order valence-corrected chi connectivity index (χ3v) is 5.08. The second-order valence-electron chi connectivity index (χ2n) is 6.30. The zero-order valence-electron chi connectivity index (χ0n) is 16.6. The van der Waals surface area contributed by atoms with Gasteiger partial charge in [0.25, 0.3) is 0 Å². The van der Waals surface area contributed by atoms with E-state index < -0.39 is 0 Å². The molecule has 0 amide bonds. The Hall–Kier alpha value is -1.94. The third kappa shape index (κ3) is 6.03. The van der Waals surface area contributed by atoms with Crippen LogP contribution in [0.1, 0.15) is 33.8 Å². The first-order valence-corrected chi connectivity index (χ1v) is 9.83. The molecule has 0 radical (unpaired) electrons. The summed E-state index contributed by atoms with van der Waals surface area (Å²) in [6, 6.07) is 8.12.